The Morgan fingerprint density at radius 1 is 0.644 bits per heavy atom. The fourth-order valence-corrected chi connectivity index (χ4v) is 8.71. The third-order valence-electron chi connectivity index (χ3n) is 6.87. The molecule has 6 rings (SSSR count). The summed E-state index contributed by atoms with van der Waals surface area (Å²) in [4.78, 5) is 12.2. The molecular formula is C36H21F3N2S4. The van der Waals surface area contributed by atoms with Gasteiger partial charge in [-0.05, 0) is 78.7 Å². The molecule has 0 radical (unpaired) electrons. The van der Waals surface area contributed by atoms with Crippen molar-refractivity contribution in [3.8, 4) is 35.3 Å². The quantitative estimate of drug-likeness (QED) is 0.123. The van der Waals surface area contributed by atoms with E-state index in [0.717, 1.165) is 57.4 Å². The molecule has 4 heterocycles. The van der Waals surface area contributed by atoms with Gasteiger partial charge in [0.25, 0.3) is 0 Å². The van der Waals surface area contributed by atoms with Gasteiger partial charge in [0.2, 0.25) is 0 Å². The number of alkyl halides is 3. The maximum absolute atomic E-state index is 12.9. The normalized spacial score (nSPS) is 12.2. The van der Waals surface area contributed by atoms with Crippen molar-refractivity contribution in [1.29, 1.82) is 5.26 Å². The second-order valence-corrected chi connectivity index (χ2v) is 14.4. The Balaban J connectivity index is 1.17. The van der Waals surface area contributed by atoms with Crippen LogP contribution in [0, 0.1) is 24.8 Å². The monoisotopic (exact) mass is 666 g/mol. The average molecular weight is 667 g/mol. The van der Waals surface area contributed by atoms with Crippen LogP contribution in [0.1, 0.15) is 32.0 Å². The number of thiophene rings is 4. The molecule has 0 saturated carbocycles. The molecule has 2 aromatic carbocycles. The van der Waals surface area contributed by atoms with Gasteiger partial charge in [-0.3, -0.25) is 0 Å². The predicted molar refractivity (Wildman–Crippen MR) is 185 cm³/mol. The Bertz CT molecular complexity index is 2120. The van der Waals surface area contributed by atoms with Gasteiger partial charge in [-0.25, -0.2) is 4.85 Å². The Hall–Kier alpha value is -4.51. The second kappa shape index (κ2) is 12.8. The third kappa shape index (κ3) is 6.93. The number of rotatable bonds is 7. The molecule has 0 N–H and O–H groups in total. The van der Waals surface area contributed by atoms with Gasteiger partial charge in [0.1, 0.15) is 0 Å². The smallest absolute Gasteiger partial charge is 0.237 e. The van der Waals surface area contributed by atoms with Crippen molar-refractivity contribution in [3.63, 3.8) is 0 Å². The maximum Gasteiger partial charge on any atom is 0.416 e. The molecule has 0 aliphatic rings. The minimum atomic E-state index is -4.41. The first-order chi connectivity index (χ1) is 21.7. The topological polar surface area (TPSA) is 28.1 Å². The summed E-state index contributed by atoms with van der Waals surface area (Å²) in [5.41, 5.74) is 2.71. The summed E-state index contributed by atoms with van der Waals surface area (Å²) in [6.45, 7) is 9.59. The van der Waals surface area contributed by atoms with E-state index >= 15 is 0 Å². The molecular weight excluding hydrogens is 646 g/mol. The first-order valence-corrected chi connectivity index (χ1v) is 16.8. The summed E-state index contributed by atoms with van der Waals surface area (Å²) >= 11 is 6.61. The van der Waals surface area contributed by atoms with Gasteiger partial charge in [-0.15, -0.1) is 45.3 Å². The lowest BCUT2D eigenvalue weighted by Crippen LogP contribution is -2.04. The highest BCUT2D eigenvalue weighted by Crippen LogP contribution is 2.43. The highest BCUT2D eigenvalue weighted by Gasteiger charge is 2.30. The van der Waals surface area contributed by atoms with Crippen LogP contribution in [0.3, 0.4) is 0 Å². The van der Waals surface area contributed by atoms with Gasteiger partial charge >= 0.3 is 6.18 Å². The summed E-state index contributed by atoms with van der Waals surface area (Å²) in [7, 11) is 0. The second-order valence-electron chi connectivity index (χ2n) is 9.98. The zero-order valence-electron chi connectivity index (χ0n) is 23.6. The molecule has 45 heavy (non-hydrogen) atoms. The SMILES string of the molecule is [C-]#[N+]/C(=C\c1ccc(-c2ccc(-c3ccc(-c4ccc(/C=C(\C#N)c5ccc(C)cc5)s4)s3)s2)s1)c1ccc(C(F)(F)F)cc1. The molecule has 2 nitrogen and oxygen atoms in total. The summed E-state index contributed by atoms with van der Waals surface area (Å²) in [6, 6.07) is 31.5. The van der Waals surface area contributed by atoms with Crippen LogP contribution >= 0.6 is 45.3 Å². The van der Waals surface area contributed by atoms with Crippen molar-refractivity contribution in [3.05, 3.63) is 140 Å². The van der Waals surface area contributed by atoms with Crippen LogP contribution in [0.5, 0.6) is 0 Å². The van der Waals surface area contributed by atoms with E-state index in [2.05, 4.69) is 41.2 Å². The van der Waals surface area contributed by atoms with Crippen molar-refractivity contribution < 1.29 is 13.2 Å². The first kappa shape index (κ1) is 30.5. The van der Waals surface area contributed by atoms with Crippen molar-refractivity contribution in [2.75, 3.05) is 0 Å². The molecule has 4 aromatic heterocycles. The van der Waals surface area contributed by atoms with E-state index in [1.54, 1.807) is 40.1 Å². The number of benzene rings is 2. The van der Waals surface area contributed by atoms with Crippen molar-refractivity contribution in [2.24, 2.45) is 0 Å². The Morgan fingerprint density at radius 3 is 1.56 bits per heavy atom. The molecule has 0 amide bonds. The Kier molecular flexibility index (Phi) is 8.71. The number of halogens is 3. The number of nitriles is 1. The van der Waals surface area contributed by atoms with Crippen LogP contribution in [0.4, 0.5) is 13.2 Å². The number of hydrogen-bond acceptors (Lipinski definition) is 5. The average Bonchev–Trinajstić information content (AvgIpc) is 3.85. The lowest BCUT2D eigenvalue weighted by Gasteiger charge is -2.07. The maximum atomic E-state index is 12.9. The van der Waals surface area contributed by atoms with E-state index < -0.39 is 11.7 Å². The van der Waals surface area contributed by atoms with E-state index in [-0.39, 0.29) is 0 Å². The van der Waals surface area contributed by atoms with Crippen LogP contribution in [0.25, 0.3) is 57.5 Å². The molecule has 0 fully saturated rings. The zero-order valence-corrected chi connectivity index (χ0v) is 26.8. The number of aryl methyl sites for hydroxylation is 1. The molecule has 0 atom stereocenters. The first-order valence-electron chi connectivity index (χ1n) is 13.6. The van der Waals surface area contributed by atoms with Crippen molar-refractivity contribution in [1.82, 2.24) is 0 Å². The van der Waals surface area contributed by atoms with Crippen molar-refractivity contribution in [2.45, 2.75) is 13.1 Å². The Morgan fingerprint density at radius 2 is 1.09 bits per heavy atom. The number of nitrogens with zero attached hydrogens (tertiary/aromatic N) is 2. The van der Waals surface area contributed by atoms with Crippen molar-refractivity contribution >= 4 is 68.8 Å². The van der Waals surface area contributed by atoms with E-state index in [4.69, 9.17) is 6.57 Å². The summed E-state index contributed by atoms with van der Waals surface area (Å²) in [6.07, 6.45) is -0.758. The number of allylic oxidation sites excluding steroid dienone is 1. The predicted octanol–water partition coefficient (Wildman–Crippen LogP) is 12.7. The molecule has 0 spiro atoms. The van der Waals surface area contributed by atoms with Crippen LogP contribution in [0.2, 0.25) is 0 Å². The van der Waals surface area contributed by atoms with E-state index in [1.165, 1.54) is 28.3 Å². The fraction of sp³-hybridized carbons (Fsp3) is 0.0556. The highest BCUT2D eigenvalue weighted by atomic mass is 32.1. The molecule has 9 heteroatoms. The molecule has 0 bridgehead atoms. The summed E-state index contributed by atoms with van der Waals surface area (Å²) in [5.74, 6) is 0. The molecule has 0 saturated heterocycles. The summed E-state index contributed by atoms with van der Waals surface area (Å²) in [5, 5.41) is 9.72. The van der Waals surface area contributed by atoms with Gasteiger partial charge < -0.3 is 0 Å². The largest absolute Gasteiger partial charge is 0.416 e. The minimum Gasteiger partial charge on any atom is -0.237 e. The third-order valence-corrected chi connectivity index (χ3v) is 11.7. The van der Waals surface area contributed by atoms with Gasteiger partial charge in [0, 0.05) is 39.0 Å². The standard InChI is InChI=1S/C36H21F3N2S4/c1-22-3-5-23(6-4-22)25(21-40)19-27-11-13-30(42-27)32-15-17-34(44-32)35-18-16-33(45-35)31-14-12-28(43-31)20-29(41-2)24-7-9-26(10-8-24)36(37,38)39/h3-20H,1H3/b25-19+,29-20-. The highest BCUT2D eigenvalue weighted by molar-refractivity contribution is 7.28. The molecule has 0 unspecified atom stereocenters. The lowest BCUT2D eigenvalue weighted by atomic mass is 10.0. The fourth-order valence-electron chi connectivity index (χ4n) is 4.53. The Labute approximate surface area is 274 Å². The van der Waals surface area contributed by atoms with Crippen LogP contribution in [0.15, 0.2) is 97.1 Å². The molecule has 220 valence electrons. The molecule has 0 aliphatic heterocycles. The van der Waals surface area contributed by atoms with Gasteiger partial charge in [0.15, 0.2) is 5.70 Å². The molecule has 0 aliphatic carbocycles. The minimum absolute atomic E-state index is 0.293. The van der Waals surface area contributed by atoms with Crippen LogP contribution < -0.4 is 0 Å². The van der Waals surface area contributed by atoms with Gasteiger partial charge in [0.05, 0.1) is 23.8 Å². The summed E-state index contributed by atoms with van der Waals surface area (Å²) < 4.78 is 38.8. The van der Waals surface area contributed by atoms with E-state index in [9.17, 15) is 18.4 Å². The van der Waals surface area contributed by atoms with Crippen LogP contribution in [-0.2, 0) is 6.18 Å². The van der Waals surface area contributed by atoms with Crippen LogP contribution in [-0.4, -0.2) is 0 Å². The lowest BCUT2D eigenvalue weighted by molar-refractivity contribution is -0.137. The molecule has 6 aromatic rings. The van der Waals surface area contributed by atoms with Gasteiger partial charge in [-0.2, -0.15) is 18.4 Å². The number of hydrogen-bond donors (Lipinski definition) is 0. The zero-order chi connectivity index (χ0) is 31.6. The van der Waals surface area contributed by atoms with Gasteiger partial charge in [-0.1, -0.05) is 54.1 Å². The van der Waals surface area contributed by atoms with E-state index in [1.807, 2.05) is 55.5 Å². The van der Waals surface area contributed by atoms with E-state index in [0.29, 0.717) is 16.8 Å².